The van der Waals surface area contributed by atoms with Crippen molar-refractivity contribution in [3.05, 3.63) is 35.9 Å². The van der Waals surface area contributed by atoms with Crippen molar-refractivity contribution in [1.29, 1.82) is 0 Å². The molecule has 2 amide bonds. The number of nitrogens with one attached hydrogen (secondary N) is 1. The Morgan fingerprint density at radius 1 is 1.27 bits per heavy atom. The van der Waals surface area contributed by atoms with Gasteiger partial charge in [-0.3, -0.25) is 9.59 Å². The van der Waals surface area contributed by atoms with Gasteiger partial charge in [0, 0.05) is 44.7 Å². The highest BCUT2D eigenvalue weighted by molar-refractivity contribution is 5.86. The fourth-order valence-corrected chi connectivity index (χ4v) is 4.36. The maximum atomic E-state index is 12.8. The van der Waals surface area contributed by atoms with E-state index in [4.69, 9.17) is 10.5 Å². The highest BCUT2D eigenvalue weighted by Crippen LogP contribution is 2.46. The van der Waals surface area contributed by atoms with Crippen LogP contribution in [0.2, 0.25) is 0 Å². The van der Waals surface area contributed by atoms with E-state index in [0.29, 0.717) is 51.5 Å². The van der Waals surface area contributed by atoms with Crippen LogP contribution < -0.4 is 11.1 Å². The Morgan fingerprint density at radius 3 is 2.69 bits per heavy atom. The first-order valence-corrected chi connectivity index (χ1v) is 9.56. The third kappa shape index (κ3) is 3.23. The number of nitrogens with zero attached hydrogens (tertiary/aromatic N) is 1. The smallest absolute Gasteiger partial charge is 0.227 e. The Balaban J connectivity index is 1.36. The van der Waals surface area contributed by atoms with Crippen molar-refractivity contribution in [1.82, 2.24) is 10.2 Å². The molecule has 3 fully saturated rings. The van der Waals surface area contributed by atoms with E-state index in [-0.39, 0.29) is 23.9 Å². The Morgan fingerprint density at radius 2 is 2.00 bits per heavy atom. The van der Waals surface area contributed by atoms with Crippen molar-refractivity contribution in [3.63, 3.8) is 0 Å². The predicted molar refractivity (Wildman–Crippen MR) is 97.4 cm³/mol. The van der Waals surface area contributed by atoms with Crippen LogP contribution in [0.3, 0.4) is 0 Å². The van der Waals surface area contributed by atoms with Gasteiger partial charge in [0.05, 0.1) is 11.5 Å². The normalized spacial score (nSPS) is 30.3. The van der Waals surface area contributed by atoms with Gasteiger partial charge in [0.25, 0.3) is 0 Å². The zero-order valence-electron chi connectivity index (χ0n) is 15.0. The largest absolute Gasteiger partial charge is 0.381 e. The van der Waals surface area contributed by atoms with Gasteiger partial charge in [-0.15, -0.1) is 0 Å². The van der Waals surface area contributed by atoms with Gasteiger partial charge in [-0.05, 0) is 24.8 Å². The van der Waals surface area contributed by atoms with E-state index in [0.717, 1.165) is 6.42 Å². The molecule has 1 aliphatic carbocycles. The molecule has 3 unspecified atom stereocenters. The third-order valence-corrected chi connectivity index (χ3v) is 6.20. The predicted octanol–water partition coefficient (Wildman–Crippen LogP) is 1.02. The molecule has 3 atom stereocenters. The van der Waals surface area contributed by atoms with Crippen molar-refractivity contribution < 1.29 is 14.3 Å². The van der Waals surface area contributed by atoms with Crippen LogP contribution in [-0.2, 0) is 14.3 Å². The minimum atomic E-state index is -0.541. The van der Waals surface area contributed by atoms with Gasteiger partial charge in [0.1, 0.15) is 0 Å². The van der Waals surface area contributed by atoms with E-state index < -0.39 is 5.41 Å². The number of hydrogen-bond donors (Lipinski definition) is 2. The van der Waals surface area contributed by atoms with E-state index in [1.807, 2.05) is 23.1 Å². The Labute approximate surface area is 154 Å². The standard InChI is InChI=1S/C20H27N3O3/c21-13-20(6-8-26-9-7-20)19(25)22-15-10-18(24)23(12-15)17-11-16(17)14-4-2-1-3-5-14/h1-5,15-17H,6-13,21H2,(H,22,25). The molecule has 0 aromatic heterocycles. The molecule has 0 bridgehead atoms. The molecule has 6 heteroatoms. The second-order valence-corrected chi connectivity index (χ2v) is 7.84. The lowest BCUT2D eigenvalue weighted by Gasteiger charge is -2.35. The molecule has 2 heterocycles. The van der Waals surface area contributed by atoms with E-state index >= 15 is 0 Å². The summed E-state index contributed by atoms with van der Waals surface area (Å²) in [7, 11) is 0. The van der Waals surface area contributed by atoms with Crippen LogP contribution in [0.25, 0.3) is 0 Å². The summed E-state index contributed by atoms with van der Waals surface area (Å²) in [4.78, 5) is 27.3. The number of nitrogens with two attached hydrogens (primary N) is 1. The molecule has 1 aromatic carbocycles. The summed E-state index contributed by atoms with van der Waals surface area (Å²) in [6.07, 6.45) is 2.71. The minimum Gasteiger partial charge on any atom is -0.381 e. The second kappa shape index (κ2) is 7.00. The molecule has 0 spiro atoms. The van der Waals surface area contributed by atoms with Crippen LogP contribution in [0.5, 0.6) is 0 Å². The van der Waals surface area contributed by atoms with Crippen LogP contribution in [0, 0.1) is 5.41 Å². The van der Waals surface area contributed by atoms with E-state index in [1.165, 1.54) is 5.56 Å². The Kier molecular flexibility index (Phi) is 4.71. The fraction of sp³-hybridized carbons (Fsp3) is 0.600. The van der Waals surface area contributed by atoms with Gasteiger partial charge < -0.3 is 20.7 Å². The first-order valence-electron chi connectivity index (χ1n) is 9.56. The number of amides is 2. The number of benzene rings is 1. The van der Waals surface area contributed by atoms with Crippen LogP contribution in [0.4, 0.5) is 0 Å². The molecule has 6 nitrogen and oxygen atoms in total. The summed E-state index contributed by atoms with van der Waals surface area (Å²) in [6.45, 7) is 2.07. The van der Waals surface area contributed by atoms with Gasteiger partial charge in [-0.25, -0.2) is 0 Å². The molecule has 0 radical (unpaired) electrons. The SMILES string of the molecule is NCC1(C(=O)NC2CC(=O)N(C3CC3c3ccccc3)C2)CCOCC1. The molecular formula is C20H27N3O3. The average Bonchev–Trinajstić information content (AvgIpc) is 3.39. The summed E-state index contributed by atoms with van der Waals surface area (Å²) in [5, 5.41) is 3.10. The quantitative estimate of drug-likeness (QED) is 0.824. The van der Waals surface area contributed by atoms with E-state index in [1.54, 1.807) is 0 Å². The lowest BCUT2D eigenvalue weighted by molar-refractivity contribution is -0.136. The summed E-state index contributed by atoms with van der Waals surface area (Å²) >= 11 is 0. The summed E-state index contributed by atoms with van der Waals surface area (Å²) < 4.78 is 5.38. The van der Waals surface area contributed by atoms with Crippen LogP contribution >= 0.6 is 0 Å². The number of carbonyl (C=O) groups is 2. The topological polar surface area (TPSA) is 84.7 Å². The van der Waals surface area contributed by atoms with E-state index in [2.05, 4.69) is 17.4 Å². The average molecular weight is 357 g/mol. The third-order valence-electron chi connectivity index (χ3n) is 6.20. The monoisotopic (exact) mass is 357 g/mol. The van der Waals surface area contributed by atoms with Crippen LogP contribution in [0.15, 0.2) is 30.3 Å². The molecule has 26 heavy (non-hydrogen) atoms. The van der Waals surface area contributed by atoms with Crippen LogP contribution in [0.1, 0.15) is 37.2 Å². The Hall–Kier alpha value is -1.92. The number of likely N-dealkylation sites (tertiary alicyclic amines) is 1. The molecule has 2 aliphatic heterocycles. The summed E-state index contributed by atoms with van der Waals surface area (Å²) in [5.41, 5.74) is 6.67. The van der Waals surface area contributed by atoms with Gasteiger partial charge in [-0.2, -0.15) is 0 Å². The number of ether oxygens (including phenoxy) is 1. The molecule has 3 aliphatic rings. The summed E-state index contributed by atoms with van der Waals surface area (Å²) in [5.74, 6) is 0.561. The highest BCUT2D eigenvalue weighted by atomic mass is 16.5. The highest BCUT2D eigenvalue weighted by Gasteiger charge is 2.48. The van der Waals surface area contributed by atoms with Gasteiger partial charge in [0.2, 0.25) is 11.8 Å². The molecule has 4 rings (SSSR count). The van der Waals surface area contributed by atoms with Gasteiger partial charge in [-0.1, -0.05) is 30.3 Å². The maximum Gasteiger partial charge on any atom is 0.227 e. The van der Waals surface area contributed by atoms with Gasteiger partial charge >= 0.3 is 0 Å². The molecule has 1 saturated carbocycles. The molecule has 2 saturated heterocycles. The fourth-order valence-electron chi connectivity index (χ4n) is 4.36. The lowest BCUT2D eigenvalue weighted by Crippen LogP contribution is -2.52. The lowest BCUT2D eigenvalue weighted by atomic mass is 9.79. The van der Waals surface area contributed by atoms with Crippen molar-refractivity contribution in [2.45, 2.75) is 43.7 Å². The van der Waals surface area contributed by atoms with E-state index in [9.17, 15) is 9.59 Å². The van der Waals surface area contributed by atoms with Crippen molar-refractivity contribution >= 4 is 11.8 Å². The number of hydrogen-bond acceptors (Lipinski definition) is 4. The molecule has 1 aromatic rings. The second-order valence-electron chi connectivity index (χ2n) is 7.84. The zero-order chi connectivity index (χ0) is 18.1. The van der Waals surface area contributed by atoms with Crippen molar-refractivity contribution in [3.8, 4) is 0 Å². The van der Waals surface area contributed by atoms with Crippen LogP contribution in [-0.4, -0.2) is 55.1 Å². The number of carbonyl (C=O) groups excluding carboxylic acids is 2. The Bertz CT molecular complexity index is 672. The minimum absolute atomic E-state index is 0.0154. The molecular weight excluding hydrogens is 330 g/mol. The summed E-state index contributed by atoms with van der Waals surface area (Å²) in [6, 6.07) is 10.5. The number of rotatable bonds is 5. The molecule has 3 N–H and O–H groups in total. The first-order chi connectivity index (χ1) is 12.6. The van der Waals surface area contributed by atoms with Crippen molar-refractivity contribution in [2.24, 2.45) is 11.1 Å². The van der Waals surface area contributed by atoms with Crippen molar-refractivity contribution in [2.75, 3.05) is 26.3 Å². The zero-order valence-corrected chi connectivity index (χ0v) is 15.0. The molecule has 140 valence electrons. The maximum absolute atomic E-state index is 12.8. The first kappa shape index (κ1) is 17.5. The van der Waals surface area contributed by atoms with Gasteiger partial charge in [0.15, 0.2) is 0 Å².